The lowest BCUT2D eigenvalue weighted by molar-refractivity contribution is 0.102. The lowest BCUT2D eigenvalue weighted by Gasteiger charge is -2.06. The number of hydrogen-bond donors (Lipinski definition) is 2. The number of aryl methyl sites for hydroxylation is 2. The number of furan rings is 1. The second kappa shape index (κ2) is 7.61. The van der Waals surface area contributed by atoms with Gasteiger partial charge in [0.2, 0.25) is 0 Å². The molecule has 4 aromatic rings. The van der Waals surface area contributed by atoms with Crippen molar-refractivity contribution in [2.75, 3.05) is 11.9 Å². The highest BCUT2D eigenvalue weighted by atomic mass is 16.3. The zero-order chi connectivity index (χ0) is 19.5. The maximum Gasteiger partial charge on any atom is 0.256 e. The van der Waals surface area contributed by atoms with Gasteiger partial charge in [-0.15, -0.1) is 10.2 Å². The molecule has 3 heterocycles. The van der Waals surface area contributed by atoms with Crippen LogP contribution in [0.5, 0.6) is 0 Å². The van der Waals surface area contributed by atoms with Gasteiger partial charge in [-0.1, -0.05) is 0 Å². The molecule has 0 aliphatic carbocycles. The van der Waals surface area contributed by atoms with Gasteiger partial charge in [-0.3, -0.25) is 4.79 Å². The topological polar surface area (TPSA) is 112 Å². The van der Waals surface area contributed by atoms with Gasteiger partial charge in [0.15, 0.2) is 11.6 Å². The predicted octanol–water partition coefficient (Wildman–Crippen LogP) is 3.00. The molecule has 0 spiro atoms. The minimum absolute atomic E-state index is 0.267. The van der Waals surface area contributed by atoms with Gasteiger partial charge in [-0.25, -0.2) is 4.98 Å². The number of nitrogens with zero attached hydrogens (tertiary/aromatic N) is 4. The summed E-state index contributed by atoms with van der Waals surface area (Å²) in [4.78, 5) is 17.1. The second-order valence-corrected chi connectivity index (χ2v) is 6.39. The summed E-state index contributed by atoms with van der Waals surface area (Å²) >= 11 is 0. The minimum Gasteiger partial charge on any atom is -0.463 e. The average Bonchev–Trinajstić information content (AvgIpc) is 3.34. The highest BCUT2D eigenvalue weighted by Gasteiger charge is 2.13. The Balaban J connectivity index is 1.52. The molecule has 0 aliphatic rings. The Morgan fingerprint density at radius 1 is 1.21 bits per heavy atom. The van der Waals surface area contributed by atoms with Crippen LogP contribution in [0.2, 0.25) is 0 Å². The van der Waals surface area contributed by atoms with Gasteiger partial charge >= 0.3 is 0 Å². The number of fused-ring (bicyclic) bond motifs is 1. The van der Waals surface area contributed by atoms with E-state index in [0.29, 0.717) is 29.4 Å². The van der Waals surface area contributed by atoms with E-state index in [1.54, 1.807) is 42.7 Å². The predicted molar refractivity (Wildman–Crippen MR) is 106 cm³/mol. The van der Waals surface area contributed by atoms with Crippen LogP contribution in [-0.2, 0) is 6.54 Å². The summed E-state index contributed by atoms with van der Waals surface area (Å²) in [7, 11) is 0. The van der Waals surface area contributed by atoms with Crippen LogP contribution in [-0.4, -0.2) is 32.2 Å². The Hall–Kier alpha value is -3.52. The highest BCUT2D eigenvalue weighted by molar-refractivity contribution is 6.05. The van der Waals surface area contributed by atoms with Crippen LogP contribution >= 0.6 is 0 Å². The van der Waals surface area contributed by atoms with Crippen molar-refractivity contribution in [3.8, 4) is 11.5 Å². The van der Waals surface area contributed by atoms with E-state index in [-0.39, 0.29) is 5.91 Å². The molecule has 0 unspecified atom stereocenters. The third-order valence-corrected chi connectivity index (χ3v) is 4.47. The van der Waals surface area contributed by atoms with Gasteiger partial charge in [-0.05, 0) is 62.4 Å². The average molecular weight is 376 g/mol. The zero-order valence-corrected chi connectivity index (χ0v) is 15.4. The molecule has 142 valence electrons. The maximum atomic E-state index is 12.6. The Labute approximate surface area is 161 Å². The lowest BCUT2D eigenvalue weighted by atomic mass is 10.2. The first-order chi connectivity index (χ1) is 13.7. The van der Waals surface area contributed by atoms with E-state index >= 15 is 0 Å². The number of aromatic nitrogens is 4. The third-order valence-electron chi connectivity index (χ3n) is 4.47. The largest absolute Gasteiger partial charge is 0.463 e. The van der Waals surface area contributed by atoms with Gasteiger partial charge in [0.25, 0.3) is 5.91 Å². The van der Waals surface area contributed by atoms with Crippen LogP contribution in [0.1, 0.15) is 22.6 Å². The summed E-state index contributed by atoms with van der Waals surface area (Å²) in [5, 5.41) is 10.9. The van der Waals surface area contributed by atoms with E-state index < -0.39 is 0 Å². The van der Waals surface area contributed by atoms with Crippen molar-refractivity contribution >= 4 is 22.8 Å². The molecule has 8 heteroatoms. The summed E-state index contributed by atoms with van der Waals surface area (Å²) in [5.41, 5.74) is 8.49. The molecule has 0 bridgehead atoms. The van der Waals surface area contributed by atoms with E-state index in [1.807, 2.05) is 13.0 Å². The fourth-order valence-corrected chi connectivity index (χ4v) is 3.07. The Morgan fingerprint density at radius 2 is 2.11 bits per heavy atom. The fraction of sp³-hybridized carbons (Fsp3) is 0.200. The van der Waals surface area contributed by atoms with E-state index in [9.17, 15) is 4.79 Å². The number of imidazole rings is 1. The number of nitrogens with one attached hydrogen (secondary N) is 1. The van der Waals surface area contributed by atoms with Crippen molar-refractivity contribution in [3.63, 3.8) is 0 Å². The van der Waals surface area contributed by atoms with Crippen molar-refractivity contribution in [1.29, 1.82) is 0 Å². The summed E-state index contributed by atoms with van der Waals surface area (Å²) in [6, 6.07) is 12.5. The van der Waals surface area contributed by atoms with Crippen molar-refractivity contribution in [2.24, 2.45) is 5.73 Å². The first kappa shape index (κ1) is 17.9. The van der Waals surface area contributed by atoms with Crippen molar-refractivity contribution in [3.05, 3.63) is 60.1 Å². The standard InChI is InChI=1S/C20H20N6O2/c1-13-22-16-12-14(5-7-17(16)26(13)10-3-9-21)20(27)23-19-8-6-15(24-25-19)18-4-2-11-28-18/h2,4-8,11-12H,3,9-10,21H2,1H3,(H,23,25,27). The minimum atomic E-state index is -0.267. The number of carbonyl (C=O) groups is 1. The van der Waals surface area contributed by atoms with Crippen LogP contribution in [0.3, 0.4) is 0 Å². The number of hydrogen-bond acceptors (Lipinski definition) is 6. The van der Waals surface area contributed by atoms with Crippen molar-refractivity contribution in [1.82, 2.24) is 19.7 Å². The van der Waals surface area contributed by atoms with Gasteiger partial charge in [0.05, 0.1) is 17.3 Å². The molecule has 0 aliphatic heterocycles. The van der Waals surface area contributed by atoms with Crippen LogP contribution in [0, 0.1) is 6.92 Å². The molecular formula is C20H20N6O2. The molecule has 4 rings (SSSR count). The Morgan fingerprint density at radius 3 is 2.82 bits per heavy atom. The lowest BCUT2D eigenvalue weighted by Crippen LogP contribution is -2.13. The summed E-state index contributed by atoms with van der Waals surface area (Å²) in [5.74, 6) is 1.62. The van der Waals surface area contributed by atoms with Crippen LogP contribution in [0.4, 0.5) is 5.82 Å². The van der Waals surface area contributed by atoms with Gasteiger partial charge in [0.1, 0.15) is 11.5 Å². The molecule has 0 saturated heterocycles. The normalized spacial score (nSPS) is 11.1. The zero-order valence-electron chi connectivity index (χ0n) is 15.4. The van der Waals surface area contributed by atoms with Crippen LogP contribution in [0.25, 0.3) is 22.5 Å². The molecule has 0 radical (unpaired) electrons. The molecule has 0 fully saturated rings. The molecule has 0 saturated carbocycles. The Kier molecular flexibility index (Phi) is 4.86. The summed E-state index contributed by atoms with van der Waals surface area (Å²) < 4.78 is 7.39. The highest BCUT2D eigenvalue weighted by Crippen LogP contribution is 2.20. The van der Waals surface area contributed by atoms with E-state index in [0.717, 1.165) is 29.8 Å². The van der Waals surface area contributed by atoms with E-state index in [2.05, 4.69) is 25.1 Å². The first-order valence-electron chi connectivity index (χ1n) is 9.01. The van der Waals surface area contributed by atoms with Gasteiger partial charge in [0, 0.05) is 12.1 Å². The molecule has 1 aromatic carbocycles. The number of amides is 1. The summed E-state index contributed by atoms with van der Waals surface area (Å²) in [6.45, 7) is 3.38. The molecule has 3 aromatic heterocycles. The first-order valence-corrected chi connectivity index (χ1v) is 9.01. The molecule has 0 atom stereocenters. The SMILES string of the molecule is Cc1nc2cc(C(=O)Nc3ccc(-c4ccco4)nn3)ccc2n1CCCN. The van der Waals surface area contributed by atoms with Gasteiger partial charge < -0.3 is 20.0 Å². The number of nitrogens with two attached hydrogens (primary N) is 1. The quantitative estimate of drug-likeness (QED) is 0.535. The van der Waals surface area contributed by atoms with Crippen molar-refractivity contribution in [2.45, 2.75) is 19.9 Å². The van der Waals surface area contributed by atoms with Gasteiger partial charge in [-0.2, -0.15) is 0 Å². The molecule has 8 nitrogen and oxygen atoms in total. The van der Waals surface area contributed by atoms with Crippen LogP contribution in [0.15, 0.2) is 53.1 Å². The molecule has 3 N–H and O–H groups in total. The number of rotatable bonds is 6. The van der Waals surface area contributed by atoms with E-state index in [4.69, 9.17) is 10.2 Å². The number of anilines is 1. The second-order valence-electron chi connectivity index (χ2n) is 6.39. The third kappa shape index (κ3) is 3.49. The molecular weight excluding hydrogens is 356 g/mol. The molecule has 1 amide bonds. The van der Waals surface area contributed by atoms with E-state index in [1.165, 1.54) is 0 Å². The summed E-state index contributed by atoms with van der Waals surface area (Å²) in [6.07, 6.45) is 2.45. The monoisotopic (exact) mass is 376 g/mol. The maximum absolute atomic E-state index is 12.6. The van der Waals surface area contributed by atoms with Crippen molar-refractivity contribution < 1.29 is 9.21 Å². The number of carbonyl (C=O) groups excluding carboxylic acids is 1. The molecule has 28 heavy (non-hydrogen) atoms. The smallest absolute Gasteiger partial charge is 0.256 e. The Bertz CT molecular complexity index is 1100. The van der Waals surface area contributed by atoms with Crippen LogP contribution < -0.4 is 11.1 Å². The number of benzene rings is 1. The fourth-order valence-electron chi connectivity index (χ4n) is 3.07.